The minimum absolute atomic E-state index is 0.206. The van der Waals surface area contributed by atoms with Crippen LogP contribution >= 0.6 is 0 Å². The first kappa shape index (κ1) is 18.1. The van der Waals surface area contributed by atoms with Crippen LogP contribution in [-0.2, 0) is 22.7 Å². The van der Waals surface area contributed by atoms with E-state index in [0.29, 0.717) is 12.4 Å². The van der Waals surface area contributed by atoms with Crippen LogP contribution in [0.25, 0.3) is 33.5 Å². The molecule has 0 bridgehead atoms. The molecule has 0 aliphatic heterocycles. The lowest BCUT2D eigenvalue weighted by molar-refractivity contribution is -0.133. The Kier molecular flexibility index (Phi) is 4.71. The van der Waals surface area contributed by atoms with Crippen molar-refractivity contribution in [1.82, 2.24) is 25.6 Å². The second kappa shape index (κ2) is 7.81. The van der Waals surface area contributed by atoms with Gasteiger partial charge >= 0.3 is 0 Å². The molecule has 3 aromatic carbocycles. The molecular formula is C23H19N5O2. The van der Waals surface area contributed by atoms with Crippen molar-refractivity contribution in [1.29, 1.82) is 0 Å². The molecule has 2 heterocycles. The summed E-state index contributed by atoms with van der Waals surface area (Å²) in [6.45, 7) is 0.326. The van der Waals surface area contributed by atoms with Gasteiger partial charge in [-0.3, -0.25) is 14.7 Å². The van der Waals surface area contributed by atoms with Crippen LogP contribution in [0.15, 0.2) is 72.8 Å². The first-order valence-electron chi connectivity index (χ1n) is 9.63. The molecule has 1 amide bonds. The minimum Gasteiger partial charge on any atom is -0.337 e. The third kappa shape index (κ3) is 3.66. The fraction of sp³-hybridized carbons (Fsp3) is 0.0870. The second-order valence-corrected chi connectivity index (χ2v) is 7.03. The molecule has 0 unspecified atom stereocenters. The number of benzene rings is 3. The van der Waals surface area contributed by atoms with Crippen molar-refractivity contribution < 1.29 is 9.63 Å². The number of hydrogen-bond acceptors (Lipinski definition) is 4. The van der Waals surface area contributed by atoms with Gasteiger partial charge in [0, 0.05) is 5.39 Å². The van der Waals surface area contributed by atoms with E-state index < -0.39 is 0 Å². The van der Waals surface area contributed by atoms with Crippen LogP contribution in [0, 0.1) is 0 Å². The summed E-state index contributed by atoms with van der Waals surface area (Å²) in [5, 5.41) is 8.40. The molecule has 7 nitrogen and oxygen atoms in total. The first-order valence-corrected chi connectivity index (χ1v) is 9.63. The Balaban J connectivity index is 1.28. The van der Waals surface area contributed by atoms with Gasteiger partial charge in [-0.05, 0) is 29.3 Å². The lowest BCUT2D eigenvalue weighted by Crippen LogP contribution is -2.25. The van der Waals surface area contributed by atoms with E-state index in [2.05, 4.69) is 25.6 Å². The molecule has 5 rings (SSSR count). The lowest BCUT2D eigenvalue weighted by Gasteiger charge is -2.06. The quantitative estimate of drug-likeness (QED) is 0.379. The number of amides is 1. The molecule has 0 saturated carbocycles. The summed E-state index contributed by atoms with van der Waals surface area (Å²) in [6, 6.07) is 23.3. The van der Waals surface area contributed by atoms with E-state index in [9.17, 15) is 4.79 Å². The van der Waals surface area contributed by atoms with Crippen molar-refractivity contribution in [3.63, 3.8) is 0 Å². The number of carbonyl (C=O) groups excluding carboxylic acids is 1. The van der Waals surface area contributed by atoms with Crippen molar-refractivity contribution in [2.75, 3.05) is 0 Å². The number of H-pyrrole nitrogens is 2. The van der Waals surface area contributed by atoms with Crippen molar-refractivity contribution in [3.8, 4) is 11.5 Å². The number of carbonyl (C=O) groups is 1. The monoisotopic (exact) mass is 397 g/mol. The van der Waals surface area contributed by atoms with Gasteiger partial charge in [-0.25, -0.2) is 10.5 Å². The third-order valence-corrected chi connectivity index (χ3v) is 4.87. The standard InChI is InChI=1S/C23H19N5O2/c29-21(28-30-14-15-6-2-1-3-7-15)13-16-10-11-17-20(12-16)26-27-22(17)23-24-18-8-4-5-9-19(18)25-23/h1-12H,13-14H2,(H,24,25)(H,26,27)(H,28,29). The molecule has 0 radical (unpaired) electrons. The zero-order chi connectivity index (χ0) is 20.3. The third-order valence-electron chi connectivity index (χ3n) is 4.87. The highest BCUT2D eigenvalue weighted by atomic mass is 16.6. The number of hydroxylamine groups is 1. The Labute approximate surface area is 172 Å². The molecule has 0 fully saturated rings. The van der Waals surface area contributed by atoms with E-state index in [1.54, 1.807) is 0 Å². The molecule has 0 aliphatic carbocycles. The van der Waals surface area contributed by atoms with Crippen LogP contribution in [0.3, 0.4) is 0 Å². The van der Waals surface area contributed by atoms with Gasteiger partial charge in [0.1, 0.15) is 5.69 Å². The van der Waals surface area contributed by atoms with Gasteiger partial charge in [-0.1, -0.05) is 54.6 Å². The van der Waals surface area contributed by atoms with E-state index >= 15 is 0 Å². The van der Waals surface area contributed by atoms with Gasteiger partial charge in [0.25, 0.3) is 0 Å². The molecule has 0 atom stereocenters. The van der Waals surface area contributed by atoms with E-state index in [4.69, 9.17) is 4.84 Å². The number of rotatable bonds is 6. The maximum Gasteiger partial charge on any atom is 0.247 e. The van der Waals surface area contributed by atoms with Gasteiger partial charge in [-0.2, -0.15) is 5.10 Å². The van der Waals surface area contributed by atoms with Crippen molar-refractivity contribution in [2.24, 2.45) is 0 Å². The van der Waals surface area contributed by atoms with Gasteiger partial charge in [0.2, 0.25) is 5.91 Å². The number of hydrogen-bond donors (Lipinski definition) is 3. The van der Waals surface area contributed by atoms with Gasteiger partial charge < -0.3 is 4.98 Å². The van der Waals surface area contributed by atoms with Crippen LogP contribution in [0.2, 0.25) is 0 Å². The van der Waals surface area contributed by atoms with Gasteiger partial charge in [0.05, 0.1) is 29.6 Å². The number of fused-ring (bicyclic) bond motifs is 2. The number of aromatic nitrogens is 4. The number of aromatic amines is 2. The van der Waals surface area contributed by atoms with Crippen LogP contribution in [0.5, 0.6) is 0 Å². The summed E-state index contributed by atoms with van der Waals surface area (Å²) < 4.78 is 0. The highest BCUT2D eigenvalue weighted by Crippen LogP contribution is 2.26. The Bertz CT molecular complexity index is 1290. The summed E-state index contributed by atoms with van der Waals surface area (Å²) in [5.41, 5.74) is 7.82. The summed E-state index contributed by atoms with van der Waals surface area (Å²) in [5.74, 6) is 0.504. The van der Waals surface area contributed by atoms with Crippen LogP contribution in [0.1, 0.15) is 11.1 Å². The maximum absolute atomic E-state index is 12.2. The van der Waals surface area contributed by atoms with Crippen molar-refractivity contribution in [2.45, 2.75) is 13.0 Å². The zero-order valence-electron chi connectivity index (χ0n) is 16.1. The molecule has 0 saturated heterocycles. The smallest absolute Gasteiger partial charge is 0.247 e. The zero-order valence-corrected chi connectivity index (χ0v) is 16.1. The Morgan fingerprint density at radius 2 is 1.77 bits per heavy atom. The maximum atomic E-state index is 12.2. The Hall–Kier alpha value is -3.97. The first-order chi connectivity index (χ1) is 14.8. The Morgan fingerprint density at radius 3 is 2.63 bits per heavy atom. The Morgan fingerprint density at radius 1 is 0.933 bits per heavy atom. The number of nitrogens with one attached hydrogen (secondary N) is 3. The average Bonchev–Trinajstić information content (AvgIpc) is 3.38. The van der Waals surface area contributed by atoms with Gasteiger partial charge in [-0.15, -0.1) is 0 Å². The predicted octanol–water partition coefficient (Wildman–Crippen LogP) is 3.90. The summed E-state index contributed by atoms with van der Waals surface area (Å²) in [4.78, 5) is 25.4. The summed E-state index contributed by atoms with van der Waals surface area (Å²) >= 11 is 0. The number of nitrogens with zero attached hydrogens (tertiary/aromatic N) is 2. The highest BCUT2D eigenvalue weighted by molar-refractivity contribution is 5.93. The molecule has 7 heteroatoms. The molecule has 2 aromatic heterocycles. The summed E-state index contributed by atoms with van der Waals surface area (Å²) in [7, 11) is 0. The molecule has 148 valence electrons. The van der Waals surface area contributed by atoms with Crippen molar-refractivity contribution in [3.05, 3.63) is 83.9 Å². The van der Waals surface area contributed by atoms with Gasteiger partial charge in [0.15, 0.2) is 5.82 Å². The van der Waals surface area contributed by atoms with E-state index in [0.717, 1.165) is 38.8 Å². The van der Waals surface area contributed by atoms with Crippen LogP contribution < -0.4 is 5.48 Å². The minimum atomic E-state index is -0.206. The second-order valence-electron chi connectivity index (χ2n) is 7.03. The molecule has 0 spiro atoms. The van der Waals surface area contributed by atoms with E-state index in [-0.39, 0.29) is 12.3 Å². The largest absolute Gasteiger partial charge is 0.337 e. The van der Waals surface area contributed by atoms with Crippen LogP contribution in [-0.4, -0.2) is 26.1 Å². The highest BCUT2D eigenvalue weighted by Gasteiger charge is 2.13. The molecule has 0 aliphatic rings. The van der Waals surface area contributed by atoms with E-state index in [1.807, 2.05) is 72.8 Å². The van der Waals surface area contributed by atoms with Crippen LogP contribution in [0.4, 0.5) is 0 Å². The summed E-state index contributed by atoms with van der Waals surface area (Å²) in [6.07, 6.45) is 0.212. The van der Waals surface area contributed by atoms with Crippen molar-refractivity contribution >= 4 is 27.8 Å². The molecule has 5 aromatic rings. The molecule has 30 heavy (non-hydrogen) atoms. The number of para-hydroxylation sites is 2. The molecule has 3 N–H and O–H groups in total. The average molecular weight is 397 g/mol. The SMILES string of the molecule is O=C(Cc1ccc2c(-c3nc4ccccc4[nH]3)n[nH]c2c1)NOCc1ccccc1. The predicted molar refractivity (Wildman–Crippen MR) is 114 cm³/mol. The topological polar surface area (TPSA) is 95.7 Å². The normalized spacial score (nSPS) is 11.2. The lowest BCUT2D eigenvalue weighted by atomic mass is 10.1. The fourth-order valence-electron chi connectivity index (χ4n) is 3.42. The fourth-order valence-corrected chi connectivity index (χ4v) is 3.42. The number of imidazole rings is 1. The molecular weight excluding hydrogens is 378 g/mol. The van der Waals surface area contributed by atoms with E-state index in [1.165, 1.54) is 0 Å².